The van der Waals surface area contributed by atoms with Crippen molar-refractivity contribution >= 4 is 11.3 Å². The third-order valence-electron chi connectivity index (χ3n) is 3.75. The molecule has 18 heavy (non-hydrogen) atoms. The van der Waals surface area contributed by atoms with Crippen LogP contribution in [0.25, 0.3) is 0 Å². The van der Waals surface area contributed by atoms with Crippen LogP contribution in [0.1, 0.15) is 35.5 Å². The summed E-state index contributed by atoms with van der Waals surface area (Å²) in [7, 11) is 0. The Kier molecular flexibility index (Phi) is 2.89. The second-order valence-corrected chi connectivity index (χ2v) is 5.64. The third kappa shape index (κ3) is 1.74. The number of hydrogen-bond acceptors (Lipinski definition) is 3. The van der Waals surface area contributed by atoms with Crippen LogP contribution >= 0.6 is 11.3 Å². The standard InChI is InChI=1S/C15H14N2S/c16-10-7-13-11-18-14(17-13)15(8-4-9-15)12-5-2-1-3-6-12/h1-3,5-6,11H,4,7-9H2. The molecule has 1 aromatic carbocycles. The summed E-state index contributed by atoms with van der Waals surface area (Å²) in [6, 6.07) is 12.8. The minimum Gasteiger partial charge on any atom is -0.244 e. The van der Waals surface area contributed by atoms with Crippen LogP contribution in [-0.4, -0.2) is 4.98 Å². The van der Waals surface area contributed by atoms with Gasteiger partial charge in [-0.05, 0) is 18.4 Å². The smallest absolute Gasteiger partial charge is 0.103 e. The van der Waals surface area contributed by atoms with Gasteiger partial charge < -0.3 is 0 Å². The third-order valence-corrected chi connectivity index (χ3v) is 4.85. The highest BCUT2D eigenvalue weighted by atomic mass is 32.1. The summed E-state index contributed by atoms with van der Waals surface area (Å²) >= 11 is 1.70. The highest BCUT2D eigenvalue weighted by Crippen LogP contribution is 2.49. The maximum Gasteiger partial charge on any atom is 0.103 e. The lowest BCUT2D eigenvalue weighted by atomic mass is 9.65. The van der Waals surface area contributed by atoms with Crippen molar-refractivity contribution in [3.63, 3.8) is 0 Å². The molecule has 3 heteroatoms. The normalized spacial score (nSPS) is 16.8. The maximum atomic E-state index is 8.73. The summed E-state index contributed by atoms with van der Waals surface area (Å²) in [6.45, 7) is 0. The van der Waals surface area contributed by atoms with Gasteiger partial charge in [-0.3, -0.25) is 0 Å². The van der Waals surface area contributed by atoms with Gasteiger partial charge in [0.15, 0.2) is 0 Å². The lowest BCUT2D eigenvalue weighted by molar-refractivity contribution is 0.300. The van der Waals surface area contributed by atoms with Crippen LogP contribution in [0.4, 0.5) is 0 Å². The highest BCUT2D eigenvalue weighted by molar-refractivity contribution is 7.09. The van der Waals surface area contributed by atoms with E-state index in [9.17, 15) is 0 Å². The molecule has 3 rings (SSSR count). The molecule has 2 nitrogen and oxygen atoms in total. The summed E-state index contributed by atoms with van der Waals surface area (Å²) < 4.78 is 0. The Labute approximate surface area is 111 Å². The number of hydrogen-bond donors (Lipinski definition) is 0. The number of nitriles is 1. The van der Waals surface area contributed by atoms with Gasteiger partial charge in [0.25, 0.3) is 0 Å². The summed E-state index contributed by atoms with van der Waals surface area (Å²) in [5.41, 5.74) is 2.41. The van der Waals surface area contributed by atoms with E-state index in [2.05, 4.69) is 41.4 Å². The van der Waals surface area contributed by atoms with Crippen molar-refractivity contribution in [2.24, 2.45) is 0 Å². The Morgan fingerprint density at radius 3 is 2.67 bits per heavy atom. The number of nitrogens with zero attached hydrogens (tertiary/aromatic N) is 2. The fraction of sp³-hybridized carbons (Fsp3) is 0.333. The van der Waals surface area contributed by atoms with Crippen molar-refractivity contribution in [2.45, 2.75) is 31.1 Å². The van der Waals surface area contributed by atoms with Gasteiger partial charge >= 0.3 is 0 Å². The van der Waals surface area contributed by atoms with Gasteiger partial charge in [0.2, 0.25) is 0 Å². The first-order valence-electron chi connectivity index (χ1n) is 6.22. The fourth-order valence-electron chi connectivity index (χ4n) is 2.60. The monoisotopic (exact) mass is 254 g/mol. The van der Waals surface area contributed by atoms with Crippen LogP contribution in [0.5, 0.6) is 0 Å². The summed E-state index contributed by atoms with van der Waals surface area (Å²) in [5, 5.41) is 11.9. The first kappa shape index (κ1) is 11.4. The molecular weight excluding hydrogens is 240 g/mol. The Balaban J connectivity index is 1.99. The molecule has 0 N–H and O–H groups in total. The van der Waals surface area contributed by atoms with Crippen LogP contribution in [0.2, 0.25) is 0 Å². The van der Waals surface area contributed by atoms with Crippen molar-refractivity contribution in [2.75, 3.05) is 0 Å². The first-order valence-corrected chi connectivity index (χ1v) is 7.10. The molecule has 0 aliphatic heterocycles. The van der Waals surface area contributed by atoms with Crippen LogP contribution in [0.15, 0.2) is 35.7 Å². The van der Waals surface area contributed by atoms with Gasteiger partial charge in [-0.15, -0.1) is 11.3 Å². The average molecular weight is 254 g/mol. The molecule has 0 bridgehead atoms. The molecule has 0 atom stereocenters. The summed E-state index contributed by atoms with van der Waals surface area (Å²) in [6.07, 6.45) is 4.04. The zero-order valence-corrected chi connectivity index (χ0v) is 10.9. The molecule has 1 aliphatic rings. The van der Waals surface area contributed by atoms with E-state index < -0.39 is 0 Å². The van der Waals surface area contributed by atoms with E-state index in [1.165, 1.54) is 29.8 Å². The molecule has 1 heterocycles. The molecule has 0 saturated heterocycles. The molecule has 0 radical (unpaired) electrons. The van der Waals surface area contributed by atoms with E-state index in [-0.39, 0.29) is 5.41 Å². The van der Waals surface area contributed by atoms with Crippen LogP contribution in [0, 0.1) is 11.3 Å². The quantitative estimate of drug-likeness (QED) is 0.837. The fourth-order valence-corrected chi connectivity index (χ4v) is 3.70. The Morgan fingerprint density at radius 2 is 2.06 bits per heavy atom. The summed E-state index contributed by atoms with van der Waals surface area (Å²) in [5.74, 6) is 0. The van der Waals surface area contributed by atoms with Crippen LogP contribution in [-0.2, 0) is 11.8 Å². The van der Waals surface area contributed by atoms with Gasteiger partial charge in [-0.25, -0.2) is 4.98 Å². The number of rotatable bonds is 3. The van der Waals surface area contributed by atoms with Gasteiger partial charge in [0.05, 0.1) is 18.2 Å². The second-order valence-electron chi connectivity index (χ2n) is 4.78. The van der Waals surface area contributed by atoms with E-state index in [0.29, 0.717) is 6.42 Å². The predicted octanol–water partition coefficient (Wildman–Crippen LogP) is 3.68. The first-order chi connectivity index (χ1) is 8.85. The minimum atomic E-state index is 0.125. The molecule has 2 aromatic rings. The van der Waals surface area contributed by atoms with Gasteiger partial charge in [0, 0.05) is 10.8 Å². The van der Waals surface area contributed by atoms with E-state index in [4.69, 9.17) is 5.26 Å². The molecular formula is C15H14N2S. The minimum absolute atomic E-state index is 0.125. The zero-order valence-electron chi connectivity index (χ0n) is 10.1. The number of thiazole rings is 1. The van der Waals surface area contributed by atoms with Gasteiger partial charge in [0.1, 0.15) is 5.01 Å². The van der Waals surface area contributed by atoms with Crippen molar-refractivity contribution < 1.29 is 0 Å². The Hall–Kier alpha value is -1.66. The largest absolute Gasteiger partial charge is 0.244 e. The van der Waals surface area contributed by atoms with Gasteiger partial charge in [-0.1, -0.05) is 36.8 Å². The van der Waals surface area contributed by atoms with Crippen LogP contribution in [0.3, 0.4) is 0 Å². The SMILES string of the molecule is N#CCc1csc(C2(c3ccccc3)CCC2)n1. The van der Waals surface area contributed by atoms with E-state index in [1.54, 1.807) is 11.3 Å². The van der Waals surface area contributed by atoms with Crippen molar-refractivity contribution in [1.82, 2.24) is 4.98 Å². The van der Waals surface area contributed by atoms with Crippen molar-refractivity contribution in [3.05, 3.63) is 52.0 Å². The number of benzene rings is 1. The lowest BCUT2D eigenvalue weighted by Gasteiger charge is -2.40. The maximum absolute atomic E-state index is 8.73. The molecule has 1 aromatic heterocycles. The van der Waals surface area contributed by atoms with Crippen LogP contribution < -0.4 is 0 Å². The lowest BCUT2D eigenvalue weighted by Crippen LogP contribution is -2.35. The topological polar surface area (TPSA) is 36.7 Å². The Bertz CT molecular complexity index is 576. The van der Waals surface area contributed by atoms with E-state index in [1.807, 2.05) is 5.38 Å². The van der Waals surface area contributed by atoms with E-state index in [0.717, 1.165) is 5.69 Å². The Morgan fingerprint density at radius 1 is 1.28 bits per heavy atom. The predicted molar refractivity (Wildman–Crippen MR) is 72.5 cm³/mol. The van der Waals surface area contributed by atoms with Gasteiger partial charge in [-0.2, -0.15) is 5.26 Å². The zero-order chi connectivity index (χ0) is 12.4. The van der Waals surface area contributed by atoms with Crippen molar-refractivity contribution in [3.8, 4) is 6.07 Å². The highest BCUT2D eigenvalue weighted by Gasteiger charge is 2.42. The van der Waals surface area contributed by atoms with E-state index >= 15 is 0 Å². The second kappa shape index (κ2) is 4.55. The molecule has 0 unspecified atom stereocenters. The van der Waals surface area contributed by atoms with Crippen molar-refractivity contribution in [1.29, 1.82) is 5.26 Å². The molecule has 1 fully saturated rings. The molecule has 0 spiro atoms. The summed E-state index contributed by atoms with van der Waals surface area (Å²) in [4.78, 5) is 4.67. The average Bonchev–Trinajstić information content (AvgIpc) is 2.79. The number of aromatic nitrogens is 1. The molecule has 0 amide bonds. The molecule has 1 aliphatic carbocycles. The molecule has 1 saturated carbocycles. The molecule has 90 valence electrons.